The van der Waals surface area contributed by atoms with E-state index in [1.807, 2.05) is 32.9 Å². The second kappa shape index (κ2) is 7.22. The normalized spacial score (nSPS) is 13.6. The largest absolute Gasteiger partial charge is 0.394 e. The Morgan fingerprint density at radius 2 is 1.65 bits per heavy atom. The van der Waals surface area contributed by atoms with Crippen molar-refractivity contribution in [1.29, 1.82) is 0 Å². The van der Waals surface area contributed by atoms with Crippen molar-refractivity contribution in [3.8, 4) is 0 Å². The molecule has 2 aromatic rings. The first kappa shape index (κ1) is 17.6. The molecule has 5 heteroatoms. The molecule has 0 heterocycles. The van der Waals surface area contributed by atoms with Gasteiger partial charge in [-0.05, 0) is 44.0 Å². The molecule has 23 heavy (non-hydrogen) atoms. The number of rotatable bonds is 6. The lowest BCUT2D eigenvalue weighted by atomic mass is 10.0. The number of carbonyl (C=O) groups is 1. The van der Waals surface area contributed by atoms with E-state index in [4.69, 9.17) is 9.63 Å². The van der Waals surface area contributed by atoms with Crippen molar-refractivity contribution in [2.45, 2.75) is 20.8 Å². The van der Waals surface area contributed by atoms with E-state index in [0.717, 1.165) is 16.7 Å². The van der Waals surface area contributed by atoms with Crippen molar-refractivity contribution in [2.24, 2.45) is 0 Å². The molecule has 0 aromatic heterocycles. The van der Waals surface area contributed by atoms with Crippen molar-refractivity contribution >= 4 is 18.2 Å². The van der Waals surface area contributed by atoms with Gasteiger partial charge < -0.3 is 9.63 Å². The minimum Gasteiger partial charge on any atom is -0.394 e. The van der Waals surface area contributed by atoms with E-state index in [1.54, 1.807) is 30.3 Å². The highest BCUT2D eigenvalue weighted by Crippen LogP contribution is 2.49. The van der Waals surface area contributed by atoms with Gasteiger partial charge in [0.1, 0.15) is 0 Å². The van der Waals surface area contributed by atoms with Gasteiger partial charge in [-0.1, -0.05) is 35.9 Å². The van der Waals surface area contributed by atoms with E-state index in [1.165, 1.54) is 0 Å². The monoisotopic (exact) mass is 332 g/mol. The first-order chi connectivity index (χ1) is 10.9. The molecule has 1 unspecified atom stereocenters. The van der Waals surface area contributed by atoms with Crippen molar-refractivity contribution in [1.82, 2.24) is 0 Å². The SMILES string of the molecule is Cc1cc(C)c(C(=O)P(=O)(OCCO)c2ccccc2)c(C)c1. The molecular weight excluding hydrogens is 311 g/mol. The molecule has 0 aliphatic rings. The summed E-state index contributed by atoms with van der Waals surface area (Å²) in [7, 11) is -3.77. The van der Waals surface area contributed by atoms with E-state index in [-0.39, 0.29) is 13.2 Å². The lowest BCUT2D eigenvalue weighted by Gasteiger charge is -2.19. The van der Waals surface area contributed by atoms with Gasteiger partial charge in [0.15, 0.2) is 0 Å². The maximum atomic E-state index is 13.4. The summed E-state index contributed by atoms with van der Waals surface area (Å²) in [6.45, 7) is 5.16. The Labute approximate surface area is 136 Å². The lowest BCUT2D eigenvalue weighted by molar-refractivity contribution is 0.104. The van der Waals surface area contributed by atoms with Gasteiger partial charge in [-0.15, -0.1) is 0 Å². The van der Waals surface area contributed by atoms with E-state index < -0.39 is 12.9 Å². The molecule has 4 nitrogen and oxygen atoms in total. The average Bonchev–Trinajstić information content (AvgIpc) is 2.52. The number of aliphatic hydroxyl groups is 1. The lowest BCUT2D eigenvalue weighted by Crippen LogP contribution is -2.18. The van der Waals surface area contributed by atoms with Gasteiger partial charge in [-0.25, -0.2) is 0 Å². The summed E-state index contributed by atoms with van der Waals surface area (Å²) in [6, 6.07) is 12.2. The van der Waals surface area contributed by atoms with Crippen LogP contribution in [0.2, 0.25) is 0 Å². The first-order valence-electron chi connectivity index (χ1n) is 7.44. The number of benzene rings is 2. The third-order valence-electron chi connectivity index (χ3n) is 3.62. The summed E-state index contributed by atoms with van der Waals surface area (Å²) >= 11 is 0. The van der Waals surface area contributed by atoms with Crippen LogP contribution in [0.4, 0.5) is 0 Å². The molecule has 1 N–H and O–H groups in total. The molecule has 122 valence electrons. The molecule has 0 aliphatic carbocycles. The van der Waals surface area contributed by atoms with Crippen LogP contribution in [0.25, 0.3) is 0 Å². The van der Waals surface area contributed by atoms with Crippen molar-refractivity contribution < 1.29 is 19.0 Å². The molecule has 0 bridgehead atoms. The molecule has 0 spiro atoms. The van der Waals surface area contributed by atoms with Gasteiger partial charge in [-0.2, -0.15) is 0 Å². The Morgan fingerprint density at radius 3 is 2.17 bits per heavy atom. The van der Waals surface area contributed by atoms with Gasteiger partial charge in [0.25, 0.3) is 5.52 Å². The Kier molecular flexibility index (Phi) is 5.53. The quantitative estimate of drug-likeness (QED) is 0.824. The summed E-state index contributed by atoms with van der Waals surface area (Å²) in [5.41, 5.74) is 2.50. The third kappa shape index (κ3) is 3.61. The molecule has 0 amide bonds. The van der Waals surface area contributed by atoms with Crippen LogP contribution in [0.3, 0.4) is 0 Å². The highest BCUT2D eigenvalue weighted by atomic mass is 31.2. The smallest absolute Gasteiger partial charge is 0.300 e. The fourth-order valence-electron chi connectivity index (χ4n) is 2.71. The number of hydrogen-bond acceptors (Lipinski definition) is 4. The van der Waals surface area contributed by atoms with E-state index >= 15 is 0 Å². The Balaban J connectivity index is 2.57. The molecule has 0 saturated carbocycles. The van der Waals surface area contributed by atoms with Gasteiger partial charge in [-0.3, -0.25) is 9.36 Å². The topological polar surface area (TPSA) is 63.6 Å². The molecular formula is C18H21O4P. The van der Waals surface area contributed by atoms with Crippen LogP contribution in [0.15, 0.2) is 42.5 Å². The maximum Gasteiger partial charge on any atom is 0.300 e. The zero-order valence-electron chi connectivity index (χ0n) is 13.6. The predicted molar refractivity (Wildman–Crippen MR) is 91.7 cm³/mol. The van der Waals surface area contributed by atoms with E-state index in [0.29, 0.717) is 10.9 Å². The van der Waals surface area contributed by atoms with Crippen LogP contribution in [0.5, 0.6) is 0 Å². The van der Waals surface area contributed by atoms with Gasteiger partial charge in [0, 0.05) is 10.9 Å². The second-order valence-electron chi connectivity index (χ2n) is 5.52. The van der Waals surface area contributed by atoms with Crippen molar-refractivity contribution in [2.75, 3.05) is 13.2 Å². The molecule has 0 radical (unpaired) electrons. The van der Waals surface area contributed by atoms with Gasteiger partial charge >= 0.3 is 7.37 Å². The Morgan fingerprint density at radius 1 is 1.09 bits per heavy atom. The van der Waals surface area contributed by atoms with Gasteiger partial charge in [0.05, 0.1) is 13.2 Å². The fourth-order valence-corrected chi connectivity index (χ4v) is 4.76. The van der Waals surface area contributed by atoms with Crippen LogP contribution < -0.4 is 5.30 Å². The molecule has 0 saturated heterocycles. The Bertz CT molecular complexity index is 730. The van der Waals surface area contributed by atoms with Crippen LogP contribution in [-0.4, -0.2) is 23.8 Å². The van der Waals surface area contributed by atoms with Gasteiger partial charge in [0.2, 0.25) is 0 Å². The highest BCUT2D eigenvalue weighted by molar-refractivity contribution is 7.83. The number of aliphatic hydroxyl groups excluding tert-OH is 1. The van der Waals surface area contributed by atoms with E-state index in [2.05, 4.69) is 0 Å². The predicted octanol–water partition coefficient (Wildman–Crippen LogP) is 3.36. The van der Waals surface area contributed by atoms with Crippen molar-refractivity contribution in [3.63, 3.8) is 0 Å². The summed E-state index contributed by atoms with van der Waals surface area (Å²) in [6.07, 6.45) is 0. The molecule has 0 fully saturated rings. The average molecular weight is 332 g/mol. The zero-order valence-corrected chi connectivity index (χ0v) is 14.5. The summed E-state index contributed by atoms with van der Waals surface area (Å²) < 4.78 is 18.8. The third-order valence-corrected chi connectivity index (χ3v) is 5.90. The second-order valence-corrected chi connectivity index (χ2v) is 7.81. The summed E-state index contributed by atoms with van der Waals surface area (Å²) in [4.78, 5) is 13.1. The minimum absolute atomic E-state index is 0.151. The highest BCUT2D eigenvalue weighted by Gasteiger charge is 2.37. The van der Waals surface area contributed by atoms with E-state index in [9.17, 15) is 9.36 Å². The van der Waals surface area contributed by atoms with Crippen molar-refractivity contribution in [3.05, 3.63) is 64.7 Å². The molecule has 1 atom stereocenters. The van der Waals surface area contributed by atoms with Crippen LogP contribution in [-0.2, 0) is 9.09 Å². The molecule has 2 aromatic carbocycles. The summed E-state index contributed by atoms with van der Waals surface area (Å²) in [5.74, 6) is 0. The molecule has 2 rings (SSSR count). The Hall–Kier alpha value is -1.74. The standard InChI is InChI=1S/C18H21O4P/c1-13-11-14(2)17(15(3)12-13)18(20)23(21,22-10-9-19)16-7-5-4-6-8-16/h4-8,11-12,19H,9-10H2,1-3H3. The zero-order chi connectivity index (χ0) is 17.0. The number of hydrogen-bond donors (Lipinski definition) is 1. The minimum atomic E-state index is -3.77. The van der Waals surface area contributed by atoms with Crippen LogP contribution >= 0.6 is 7.37 Å². The molecule has 0 aliphatic heterocycles. The summed E-state index contributed by atoms with van der Waals surface area (Å²) in [5, 5.41) is 9.36. The maximum absolute atomic E-state index is 13.4. The fraction of sp³-hybridized carbons (Fsp3) is 0.278. The number of carbonyl (C=O) groups excluding carboxylic acids is 1. The van der Waals surface area contributed by atoms with Crippen LogP contribution in [0, 0.1) is 20.8 Å². The van der Waals surface area contributed by atoms with Crippen LogP contribution in [0.1, 0.15) is 27.0 Å². The number of aryl methyl sites for hydroxylation is 3. The first-order valence-corrected chi connectivity index (χ1v) is 9.06.